The van der Waals surface area contributed by atoms with Crippen LogP contribution in [0.25, 0.3) is 11.3 Å². The first-order valence-corrected chi connectivity index (χ1v) is 9.33. The highest BCUT2D eigenvalue weighted by atomic mass is 79.9. The Labute approximate surface area is 170 Å². The fourth-order valence-electron chi connectivity index (χ4n) is 2.22. The fraction of sp³-hybridized carbons (Fsp3) is 0. The minimum absolute atomic E-state index is 0.288. The fourth-order valence-corrected chi connectivity index (χ4v) is 2.89. The molecule has 0 aliphatic rings. The van der Waals surface area contributed by atoms with Crippen molar-refractivity contribution >= 4 is 66.7 Å². The number of benzene rings is 2. The summed E-state index contributed by atoms with van der Waals surface area (Å²) in [6.07, 6.45) is 1.68. The first-order chi connectivity index (χ1) is 13.2. The summed E-state index contributed by atoms with van der Waals surface area (Å²) in [4.78, 5) is 8.76. The van der Waals surface area contributed by atoms with Crippen molar-refractivity contribution in [1.82, 2.24) is 20.3 Å². The SMILES string of the molecule is Brc1ccc(C=NNc2nc3nonc3nc2Nc2cccc(Br)c2)cc1. The van der Waals surface area contributed by atoms with Crippen LogP contribution in [0.2, 0.25) is 0 Å². The highest BCUT2D eigenvalue weighted by Crippen LogP contribution is 2.25. The van der Waals surface area contributed by atoms with Gasteiger partial charge in [-0.2, -0.15) is 10.1 Å². The minimum Gasteiger partial charge on any atom is -0.337 e. The van der Waals surface area contributed by atoms with Gasteiger partial charge in [0.15, 0.2) is 11.6 Å². The third-order valence-corrected chi connectivity index (χ3v) is 4.48. The van der Waals surface area contributed by atoms with E-state index in [0.29, 0.717) is 17.3 Å². The molecule has 4 rings (SSSR count). The third-order valence-electron chi connectivity index (χ3n) is 3.46. The van der Waals surface area contributed by atoms with Gasteiger partial charge in [0.25, 0.3) is 0 Å². The summed E-state index contributed by atoms with van der Waals surface area (Å²) in [5, 5.41) is 14.9. The van der Waals surface area contributed by atoms with Gasteiger partial charge >= 0.3 is 0 Å². The lowest BCUT2D eigenvalue weighted by molar-refractivity contribution is 0.314. The Morgan fingerprint density at radius 3 is 2.37 bits per heavy atom. The van der Waals surface area contributed by atoms with Gasteiger partial charge in [0, 0.05) is 14.6 Å². The maximum absolute atomic E-state index is 4.70. The molecule has 0 saturated heterocycles. The van der Waals surface area contributed by atoms with E-state index in [1.807, 2.05) is 48.5 Å². The van der Waals surface area contributed by atoms with Crippen LogP contribution < -0.4 is 10.7 Å². The van der Waals surface area contributed by atoms with Crippen LogP contribution in [-0.2, 0) is 0 Å². The Bertz CT molecular complexity index is 1110. The van der Waals surface area contributed by atoms with E-state index in [1.165, 1.54) is 0 Å². The Balaban J connectivity index is 1.62. The summed E-state index contributed by atoms with van der Waals surface area (Å²) in [6.45, 7) is 0. The van der Waals surface area contributed by atoms with Crippen LogP contribution in [0, 0.1) is 0 Å². The van der Waals surface area contributed by atoms with Crippen LogP contribution >= 0.6 is 31.9 Å². The van der Waals surface area contributed by atoms with Gasteiger partial charge in [0.2, 0.25) is 11.3 Å². The predicted octanol–water partition coefficient (Wildman–Crippen LogP) is 4.73. The van der Waals surface area contributed by atoms with Gasteiger partial charge in [0.05, 0.1) is 6.21 Å². The molecule has 2 N–H and O–H groups in total. The molecule has 27 heavy (non-hydrogen) atoms. The molecule has 0 radical (unpaired) electrons. The first kappa shape index (κ1) is 17.6. The van der Waals surface area contributed by atoms with E-state index < -0.39 is 0 Å². The molecule has 8 nitrogen and oxygen atoms in total. The van der Waals surface area contributed by atoms with Gasteiger partial charge in [-0.25, -0.2) is 9.61 Å². The van der Waals surface area contributed by atoms with Crippen molar-refractivity contribution in [3.05, 3.63) is 63.0 Å². The van der Waals surface area contributed by atoms with Crippen LogP contribution in [0.4, 0.5) is 17.3 Å². The van der Waals surface area contributed by atoms with Crippen LogP contribution in [0.3, 0.4) is 0 Å². The molecule has 134 valence electrons. The largest absolute Gasteiger partial charge is 0.337 e. The third kappa shape index (κ3) is 4.29. The Morgan fingerprint density at radius 2 is 1.63 bits per heavy atom. The smallest absolute Gasteiger partial charge is 0.245 e. The van der Waals surface area contributed by atoms with Crippen LogP contribution in [-0.4, -0.2) is 26.5 Å². The van der Waals surface area contributed by atoms with E-state index >= 15 is 0 Å². The number of nitrogens with one attached hydrogen (secondary N) is 2. The number of aromatic nitrogens is 4. The van der Waals surface area contributed by atoms with E-state index in [9.17, 15) is 0 Å². The van der Waals surface area contributed by atoms with Gasteiger partial charge in [-0.05, 0) is 46.2 Å². The summed E-state index contributed by atoms with van der Waals surface area (Å²) in [7, 11) is 0. The van der Waals surface area contributed by atoms with Crippen molar-refractivity contribution in [3.63, 3.8) is 0 Å². The number of rotatable bonds is 5. The van der Waals surface area contributed by atoms with Crippen molar-refractivity contribution < 1.29 is 4.63 Å². The molecule has 0 unspecified atom stereocenters. The molecule has 0 spiro atoms. The summed E-state index contributed by atoms with van der Waals surface area (Å²) < 4.78 is 6.64. The maximum Gasteiger partial charge on any atom is 0.245 e. The lowest BCUT2D eigenvalue weighted by atomic mass is 10.2. The monoisotopic (exact) mass is 487 g/mol. The van der Waals surface area contributed by atoms with Gasteiger partial charge in [-0.3, -0.25) is 5.43 Å². The molecule has 0 fully saturated rings. The molecule has 10 heteroatoms. The Hall–Kier alpha value is -2.85. The van der Waals surface area contributed by atoms with Crippen LogP contribution in [0.15, 0.2) is 67.2 Å². The second-order valence-electron chi connectivity index (χ2n) is 5.39. The normalized spacial score (nSPS) is 11.2. The van der Waals surface area contributed by atoms with E-state index in [4.69, 9.17) is 4.63 Å². The zero-order valence-electron chi connectivity index (χ0n) is 13.6. The average molecular weight is 489 g/mol. The molecule has 0 aliphatic carbocycles. The van der Waals surface area contributed by atoms with Gasteiger partial charge in [-0.1, -0.05) is 50.1 Å². The van der Waals surface area contributed by atoms with E-state index in [2.05, 4.69) is 68.0 Å². The summed E-state index contributed by atoms with van der Waals surface area (Å²) >= 11 is 6.85. The molecule has 0 saturated carbocycles. The lowest BCUT2D eigenvalue weighted by Gasteiger charge is -2.09. The predicted molar refractivity (Wildman–Crippen MR) is 110 cm³/mol. The summed E-state index contributed by atoms with van der Waals surface area (Å²) in [6, 6.07) is 15.4. The number of anilines is 3. The number of hydrazone groups is 1. The number of hydrogen-bond donors (Lipinski definition) is 2. The number of nitrogens with zero attached hydrogens (tertiary/aromatic N) is 5. The van der Waals surface area contributed by atoms with Crippen LogP contribution in [0.5, 0.6) is 0 Å². The summed E-state index contributed by atoms with van der Waals surface area (Å²) in [5.41, 5.74) is 5.25. The molecule has 4 aromatic rings. The van der Waals surface area contributed by atoms with E-state index in [-0.39, 0.29) is 5.65 Å². The molecule has 2 aromatic heterocycles. The first-order valence-electron chi connectivity index (χ1n) is 7.75. The highest BCUT2D eigenvalue weighted by Gasteiger charge is 2.12. The zero-order valence-corrected chi connectivity index (χ0v) is 16.8. The standard InChI is InChI=1S/C17H11Br2N7O/c18-11-6-4-10(5-7-11)9-20-24-15-14(21-13-3-1-2-12(19)8-13)22-16-17(23-15)26-27-25-16/h1-9H,(H,21,22,25)(H,23,24,26). The Morgan fingerprint density at radius 1 is 0.889 bits per heavy atom. The molecule has 0 atom stereocenters. The van der Waals surface area contributed by atoms with Gasteiger partial charge in [0.1, 0.15) is 0 Å². The van der Waals surface area contributed by atoms with Gasteiger partial charge < -0.3 is 5.32 Å². The van der Waals surface area contributed by atoms with Crippen molar-refractivity contribution in [2.45, 2.75) is 0 Å². The van der Waals surface area contributed by atoms with Gasteiger partial charge in [-0.15, -0.1) is 0 Å². The van der Waals surface area contributed by atoms with Crippen molar-refractivity contribution in [2.24, 2.45) is 5.10 Å². The van der Waals surface area contributed by atoms with E-state index in [1.54, 1.807) is 6.21 Å². The number of fused-ring (bicyclic) bond motifs is 1. The molecular weight excluding hydrogens is 478 g/mol. The maximum atomic E-state index is 4.70. The second-order valence-corrected chi connectivity index (χ2v) is 7.22. The minimum atomic E-state index is 0.288. The zero-order chi connectivity index (χ0) is 18.6. The average Bonchev–Trinajstić information content (AvgIpc) is 3.11. The Kier molecular flexibility index (Phi) is 5.07. The lowest BCUT2D eigenvalue weighted by Crippen LogP contribution is -2.03. The molecule has 2 aromatic carbocycles. The molecule has 0 amide bonds. The van der Waals surface area contributed by atoms with Crippen molar-refractivity contribution in [3.8, 4) is 0 Å². The second kappa shape index (κ2) is 7.80. The van der Waals surface area contributed by atoms with Crippen molar-refractivity contribution in [1.29, 1.82) is 0 Å². The topological polar surface area (TPSA) is 101 Å². The number of halogens is 2. The quantitative estimate of drug-likeness (QED) is 0.309. The molecule has 0 bridgehead atoms. The van der Waals surface area contributed by atoms with E-state index in [0.717, 1.165) is 20.2 Å². The highest BCUT2D eigenvalue weighted by molar-refractivity contribution is 9.10. The van der Waals surface area contributed by atoms with Crippen molar-refractivity contribution in [2.75, 3.05) is 10.7 Å². The number of hydrogen-bond acceptors (Lipinski definition) is 8. The summed E-state index contributed by atoms with van der Waals surface area (Å²) in [5.74, 6) is 0.843. The molecular formula is C17H11Br2N7O. The molecule has 2 heterocycles. The molecule has 0 aliphatic heterocycles. The van der Waals surface area contributed by atoms with Crippen LogP contribution in [0.1, 0.15) is 5.56 Å².